The molecular formula is C13H14O3. The molecule has 0 aliphatic heterocycles. The molecule has 0 heterocycles. The predicted molar refractivity (Wildman–Crippen MR) is 61.1 cm³/mol. The fourth-order valence-corrected chi connectivity index (χ4v) is 1.87. The lowest BCUT2D eigenvalue weighted by molar-refractivity contribution is 0.0600. The van der Waals surface area contributed by atoms with Gasteiger partial charge in [0, 0.05) is 6.42 Å². The summed E-state index contributed by atoms with van der Waals surface area (Å²) in [5, 5.41) is 0. The molecule has 0 unspecified atom stereocenters. The Kier molecular flexibility index (Phi) is 2.95. The molecule has 0 saturated carbocycles. The van der Waals surface area contributed by atoms with E-state index in [1.54, 1.807) is 13.2 Å². The van der Waals surface area contributed by atoms with Gasteiger partial charge in [0.25, 0.3) is 0 Å². The Morgan fingerprint density at radius 3 is 2.75 bits per heavy atom. The van der Waals surface area contributed by atoms with Crippen molar-refractivity contribution in [2.75, 3.05) is 14.2 Å². The fourth-order valence-electron chi connectivity index (χ4n) is 1.87. The lowest BCUT2D eigenvalue weighted by atomic mass is 9.94. The van der Waals surface area contributed by atoms with Crippen LogP contribution >= 0.6 is 0 Å². The quantitative estimate of drug-likeness (QED) is 0.715. The molecule has 16 heavy (non-hydrogen) atoms. The number of esters is 1. The number of ether oxygens (including phenoxy) is 2. The Morgan fingerprint density at radius 1 is 1.25 bits per heavy atom. The van der Waals surface area contributed by atoms with E-state index in [0.29, 0.717) is 5.56 Å². The van der Waals surface area contributed by atoms with Gasteiger partial charge in [-0.05, 0) is 35.8 Å². The summed E-state index contributed by atoms with van der Waals surface area (Å²) in [6.07, 6.45) is 3.80. The molecule has 0 aromatic heterocycles. The Hall–Kier alpha value is -1.77. The molecule has 1 aromatic rings. The molecule has 0 saturated heterocycles. The minimum Gasteiger partial charge on any atom is -0.501 e. The molecule has 0 bridgehead atoms. The third-order valence-electron chi connectivity index (χ3n) is 2.78. The maximum Gasteiger partial charge on any atom is 0.337 e. The van der Waals surface area contributed by atoms with Crippen molar-refractivity contribution in [3.8, 4) is 0 Å². The van der Waals surface area contributed by atoms with Crippen molar-refractivity contribution in [2.45, 2.75) is 12.8 Å². The number of carbonyl (C=O) groups excluding carboxylic acids is 1. The second-order valence-electron chi connectivity index (χ2n) is 3.72. The van der Waals surface area contributed by atoms with E-state index in [-0.39, 0.29) is 5.97 Å². The Labute approximate surface area is 94.7 Å². The molecule has 0 amide bonds. The molecule has 0 spiro atoms. The maximum absolute atomic E-state index is 11.4. The van der Waals surface area contributed by atoms with Crippen molar-refractivity contribution in [1.82, 2.24) is 0 Å². The Bertz CT molecular complexity index is 446. The first-order chi connectivity index (χ1) is 7.74. The molecule has 0 radical (unpaired) electrons. The predicted octanol–water partition coefficient (Wildman–Crippen LogP) is 2.41. The van der Waals surface area contributed by atoms with Crippen LogP contribution in [0.4, 0.5) is 0 Å². The van der Waals surface area contributed by atoms with E-state index < -0.39 is 0 Å². The number of methoxy groups -OCH3 is 2. The van der Waals surface area contributed by atoms with Gasteiger partial charge in [-0.15, -0.1) is 0 Å². The summed E-state index contributed by atoms with van der Waals surface area (Å²) in [6.45, 7) is 0. The zero-order chi connectivity index (χ0) is 11.5. The summed E-state index contributed by atoms with van der Waals surface area (Å²) in [6, 6.07) is 5.60. The van der Waals surface area contributed by atoms with Crippen LogP contribution in [-0.2, 0) is 15.9 Å². The van der Waals surface area contributed by atoms with Crippen LogP contribution in [0.5, 0.6) is 0 Å². The van der Waals surface area contributed by atoms with Gasteiger partial charge >= 0.3 is 5.97 Å². The molecule has 84 valence electrons. The average Bonchev–Trinajstić information content (AvgIpc) is 2.36. The van der Waals surface area contributed by atoms with Gasteiger partial charge in [0.05, 0.1) is 25.5 Å². The van der Waals surface area contributed by atoms with Crippen LogP contribution < -0.4 is 0 Å². The molecule has 3 heteroatoms. The van der Waals surface area contributed by atoms with E-state index in [1.807, 2.05) is 18.2 Å². The molecule has 0 fully saturated rings. The molecule has 3 nitrogen and oxygen atoms in total. The monoisotopic (exact) mass is 218 g/mol. The van der Waals surface area contributed by atoms with Crippen molar-refractivity contribution < 1.29 is 14.3 Å². The van der Waals surface area contributed by atoms with Gasteiger partial charge in [-0.1, -0.05) is 6.07 Å². The van der Waals surface area contributed by atoms with E-state index in [2.05, 4.69) is 0 Å². The van der Waals surface area contributed by atoms with Gasteiger partial charge in [-0.3, -0.25) is 0 Å². The highest BCUT2D eigenvalue weighted by molar-refractivity contribution is 5.90. The first-order valence-corrected chi connectivity index (χ1v) is 5.20. The van der Waals surface area contributed by atoms with E-state index in [0.717, 1.165) is 24.2 Å². The van der Waals surface area contributed by atoms with Gasteiger partial charge in [-0.2, -0.15) is 0 Å². The molecule has 2 rings (SSSR count). The smallest absolute Gasteiger partial charge is 0.337 e. The summed E-state index contributed by atoms with van der Waals surface area (Å²) >= 11 is 0. The third kappa shape index (κ3) is 1.94. The minimum absolute atomic E-state index is 0.288. The summed E-state index contributed by atoms with van der Waals surface area (Å²) < 4.78 is 9.91. The number of aryl methyl sites for hydroxylation is 1. The second-order valence-corrected chi connectivity index (χ2v) is 3.72. The number of carbonyl (C=O) groups is 1. The third-order valence-corrected chi connectivity index (χ3v) is 2.78. The standard InChI is InChI=1S/C13H14O3/c1-15-12-6-5-9-7-11(13(14)16-2)4-3-10(9)8-12/h3-4,7-8H,5-6H2,1-2H3. The van der Waals surface area contributed by atoms with Crippen molar-refractivity contribution in [2.24, 2.45) is 0 Å². The highest BCUT2D eigenvalue weighted by Gasteiger charge is 2.13. The largest absolute Gasteiger partial charge is 0.501 e. The molecule has 0 atom stereocenters. The molecule has 0 N–H and O–H groups in total. The molecular weight excluding hydrogens is 204 g/mol. The maximum atomic E-state index is 11.4. The van der Waals surface area contributed by atoms with Gasteiger partial charge in [0.15, 0.2) is 0 Å². The lowest BCUT2D eigenvalue weighted by Crippen LogP contribution is -2.05. The minimum atomic E-state index is -0.288. The number of fused-ring (bicyclic) bond motifs is 1. The van der Waals surface area contributed by atoms with Crippen LogP contribution in [0.25, 0.3) is 6.08 Å². The zero-order valence-corrected chi connectivity index (χ0v) is 9.45. The average molecular weight is 218 g/mol. The van der Waals surface area contributed by atoms with Crippen molar-refractivity contribution in [3.63, 3.8) is 0 Å². The summed E-state index contributed by atoms with van der Waals surface area (Å²) in [7, 11) is 3.07. The summed E-state index contributed by atoms with van der Waals surface area (Å²) in [5.41, 5.74) is 2.90. The number of allylic oxidation sites excluding steroid dienone is 1. The topological polar surface area (TPSA) is 35.5 Å². The number of benzene rings is 1. The van der Waals surface area contributed by atoms with Gasteiger partial charge < -0.3 is 9.47 Å². The van der Waals surface area contributed by atoms with Crippen LogP contribution in [0.2, 0.25) is 0 Å². The zero-order valence-electron chi connectivity index (χ0n) is 9.45. The summed E-state index contributed by atoms with van der Waals surface area (Å²) in [5.74, 6) is 0.697. The number of rotatable bonds is 2. The Balaban J connectivity index is 2.35. The fraction of sp³-hybridized carbons (Fsp3) is 0.308. The van der Waals surface area contributed by atoms with Crippen molar-refractivity contribution in [3.05, 3.63) is 40.6 Å². The highest BCUT2D eigenvalue weighted by atomic mass is 16.5. The Morgan fingerprint density at radius 2 is 2.06 bits per heavy atom. The normalized spacial score (nSPS) is 13.8. The van der Waals surface area contributed by atoms with Gasteiger partial charge in [-0.25, -0.2) is 4.79 Å². The van der Waals surface area contributed by atoms with Crippen LogP contribution in [0.15, 0.2) is 24.0 Å². The first-order valence-electron chi connectivity index (χ1n) is 5.20. The van der Waals surface area contributed by atoms with Crippen LogP contribution in [-0.4, -0.2) is 20.2 Å². The SMILES string of the molecule is COC(=O)c1ccc2c(c1)CCC(OC)=C2. The van der Waals surface area contributed by atoms with E-state index >= 15 is 0 Å². The van der Waals surface area contributed by atoms with E-state index in [4.69, 9.17) is 9.47 Å². The number of hydrogen-bond acceptors (Lipinski definition) is 3. The lowest BCUT2D eigenvalue weighted by Gasteiger charge is -2.16. The highest BCUT2D eigenvalue weighted by Crippen LogP contribution is 2.25. The summed E-state index contributed by atoms with van der Waals surface area (Å²) in [4.78, 5) is 11.4. The molecule has 1 aliphatic rings. The second kappa shape index (κ2) is 4.39. The van der Waals surface area contributed by atoms with Gasteiger partial charge in [0.1, 0.15) is 0 Å². The van der Waals surface area contributed by atoms with Crippen molar-refractivity contribution in [1.29, 1.82) is 0 Å². The van der Waals surface area contributed by atoms with Crippen LogP contribution in [0.3, 0.4) is 0 Å². The van der Waals surface area contributed by atoms with Crippen LogP contribution in [0, 0.1) is 0 Å². The van der Waals surface area contributed by atoms with E-state index in [1.165, 1.54) is 12.7 Å². The molecule has 1 aliphatic carbocycles. The first kappa shape index (κ1) is 10.7. The van der Waals surface area contributed by atoms with Crippen molar-refractivity contribution >= 4 is 12.0 Å². The van der Waals surface area contributed by atoms with E-state index in [9.17, 15) is 4.79 Å². The van der Waals surface area contributed by atoms with Gasteiger partial charge in [0.2, 0.25) is 0 Å². The molecule has 1 aromatic carbocycles. The number of hydrogen-bond donors (Lipinski definition) is 0. The van der Waals surface area contributed by atoms with Crippen LogP contribution in [0.1, 0.15) is 27.9 Å².